The van der Waals surface area contributed by atoms with E-state index in [-0.39, 0.29) is 12.3 Å². The van der Waals surface area contributed by atoms with E-state index in [9.17, 15) is 9.59 Å². The summed E-state index contributed by atoms with van der Waals surface area (Å²) in [6.45, 7) is 0.510. The van der Waals surface area contributed by atoms with Crippen LogP contribution in [0.3, 0.4) is 0 Å². The van der Waals surface area contributed by atoms with Gasteiger partial charge in [-0.25, -0.2) is 0 Å². The molecule has 1 N–H and O–H groups in total. The molecular weight excluding hydrogens is 242 g/mol. The van der Waals surface area contributed by atoms with E-state index in [0.29, 0.717) is 19.4 Å². The van der Waals surface area contributed by atoms with Gasteiger partial charge in [0.15, 0.2) is 0 Å². The largest absolute Gasteiger partial charge is 0.481 e. The lowest BCUT2D eigenvalue weighted by Crippen LogP contribution is -2.27. The molecule has 0 atom stereocenters. The molecule has 0 bridgehead atoms. The summed E-state index contributed by atoms with van der Waals surface area (Å²) in [5, 5.41) is 8.53. The number of aryl methyl sites for hydroxylation is 1. The Labute approximate surface area is 114 Å². The highest BCUT2D eigenvalue weighted by Gasteiger charge is 2.08. The van der Waals surface area contributed by atoms with Crippen molar-refractivity contribution in [3.63, 3.8) is 0 Å². The lowest BCUT2D eigenvalue weighted by atomic mass is 10.1. The zero-order valence-corrected chi connectivity index (χ0v) is 11.3. The van der Waals surface area contributed by atoms with Crippen LogP contribution in [0.15, 0.2) is 30.3 Å². The second-order valence-corrected chi connectivity index (χ2v) is 4.65. The van der Waals surface area contributed by atoms with Crippen LogP contribution in [0.2, 0.25) is 0 Å². The number of carboxylic acid groups (broad SMARTS) is 1. The van der Waals surface area contributed by atoms with Crippen molar-refractivity contribution in [2.45, 2.75) is 32.1 Å². The number of amides is 1. The van der Waals surface area contributed by atoms with Gasteiger partial charge in [0, 0.05) is 26.4 Å². The molecular formula is C15H21NO3. The van der Waals surface area contributed by atoms with E-state index in [1.165, 1.54) is 5.56 Å². The first-order valence-electron chi connectivity index (χ1n) is 6.59. The van der Waals surface area contributed by atoms with Gasteiger partial charge in [-0.05, 0) is 24.8 Å². The summed E-state index contributed by atoms with van der Waals surface area (Å²) in [6.07, 6.45) is 2.86. The topological polar surface area (TPSA) is 57.6 Å². The molecule has 1 aromatic carbocycles. The molecule has 0 heterocycles. The molecule has 0 aliphatic rings. The molecule has 4 heteroatoms. The van der Waals surface area contributed by atoms with Crippen LogP contribution in [0.25, 0.3) is 0 Å². The number of carbonyl (C=O) groups is 2. The van der Waals surface area contributed by atoms with Gasteiger partial charge < -0.3 is 10.0 Å². The highest BCUT2D eigenvalue weighted by molar-refractivity contribution is 5.75. The van der Waals surface area contributed by atoms with Crippen molar-refractivity contribution in [3.05, 3.63) is 35.9 Å². The number of rotatable bonds is 8. The molecule has 0 aliphatic carbocycles. The molecule has 104 valence electrons. The molecule has 0 unspecified atom stereocenters. The van der Waals surface area contributed by atoms with Crippen LogP contribution in [0.1, 0.15) is 31.2 Å². The molecule has 0 spiro atoms. The molecule has 0 fully saturated rings. The Morgan fingerprint density at radius 3 is 2.42 bits per heavy atom. The number of hydrogen-bond donors (Lipinski definition) is 1. The number of carboxylic acids is 1. The van der Waals surface area contributed by atoms with E-state index >= 15 is 0 Å². The van der Waals surface area contributed by atoms with E-state index in [0.717, 1.165) is 12.8 Å². The number of nitrogens with zero attached hydrogens (tertiary/aromatic N) is 1. The minimum atomic E-state index is -0.815. The first kappa shape index (κ1) is 15.2. The van der Waals surface area contributed by atoms with E-state index < -0.39 is 5.97 Å². The van der Waals surface area contributed by atoms with E-state index in [1.807, 2.05) is 18.2 Å². The Hall–Kier alpha value is -1.84. The molecule has 1 rings (SSSR count). The van der Waals surface area contributed by atoms with Crippen LogP contribution in [-0.4, -0.2) is 35.5 Å². The fourth-order valence-electron chi connectivity index (χ4n) is 1.87. The average molecular weight is 263 g/mol. The quantitative estimate of drug-likeness (QED) is 0.783. The van der Waals surface area contributed by atoms with Gasteiger partial charge in [-0.2, -0.15) is 0 Å². The third kappa shape index (κ3) is 6.60. The number of hydrogen-bond acceptors (Lipinski definition) is 2. The normalized spacial score (nSPS) is 10.2. The van der Waals surface area contributed by atoms with Crippen molar-refractivity contribution in [1.29, 1.82) is 0 Å². The van der Waals surface area contributed by atoms with E-state index in [4.69, 9.17) is 5.11 Å². The Kier molecular flexibility index (Phi) is 6.64. The van der Waals surface area contributed by atoms with Gasteiger partial charge in [0.2, 0.25) is 5.91 Å². The maximum absolute atomic E-state index is 11.8. The molecule has 1 amide bonds. The first-order chi connectivity index (χ1) is 9.09. The first-order valence-corrected chi connectivity index (χ1v) is 6.59. The average Bonchev–Trinajstić information content (AvgIpc) is 2.39. The highest BCUT2D eigenvalue weighted by atomic mass is 16.4. The van der Waals surface area contributed by atoms with E-state index in [1.54, 1.807) is 11.9 Å². The second kappa shape index (κ2) is 8.29. The summed E-state index contributed by atoms with van der Waals surface area (Å²) in [7, 11) is 1.73. The SMILES string of the molecule is CN(CCCC(=O)O)C(=O)CCCc1ccccc1. The van der Waals surface area contributed by atoms with E-state index in [2.05, 4.69) is 12.1 Å². The van der Waals surface area contributed by atoms with Crippen LogP contribution >= 0.6 is 0 Å². The molecule has 0 aromatic heterocycles. The highest BCUT2D eigenvalue weighted by Crippen LogP contribution is 2.06. The van der Waals surface area contributed by atoms with Crippen LogP contribution in [0, 0.1) is 0 Å². The standard InChI is InChI=1S/C15H21NO3/c1-16(12-6-11-15(18)19)14(17)10-5-9-13-7-3-2-4-8-13/h2-4,7-8H,5-6,9-12H2,1H3,(H,18,19). The Balaban J connectivity index is 2.18. The van der Waals surface area contributed by atoms with Gasteiger partial charge >= 0.3 is 5.97 Å². The van der Waals surface area contributed by atoms with Crippen molar-refractivity contribution in [1.82, 2.24) is 4.90 Å². The van der Waals surface area contributed by atoms with Gasteiger partial charge in [0.05, 0.1) is 0 Å². The monoisotopic (exact) mass is 263 g/mol. The summed E-state index contributed by atoms with van der Waals surface area (Å²) in [4.78, 5) is 23.8. The van der Waals surface area contributed by atoms with Crippen molar-refractivity contribution >= 4 is 11.9 Å². The maximum atomic E-state index is 11.8. The van der Waals surface area contributed by atoms with Crippen LogP contribution < -0.4 is 0 Å². The summed E-state index contributed by atoms with van der Waals surface area (Å²) in [6, 6.07) is 10.1. The third-order valence-electron chi connectivity index (χ3n) is 3.01. The zero-order valence-electron chi connectivity index (χ0n) is 11.3. The molecule has 0 radical (unpaired) electrons. The van der Waals surface area contributed by atoms with Crippen molar-refractivity contribution in [2.75, 3.05) is 13.6 Å². The van der Waals surface area contributed by atoms with Gasteiger partial charge in [-0.15, -0.1) is 0 Å². The fraction of sp³-hybridized carbons (Fsp3) is 0.467. The predicted molar refractivity (Wildman–Crippen MR) is 73.9 cm³/mol. The lowest BCUT2D eigenvalue weighted by molar-refractivity contribution is -0.138. The molecule has 19 heavy (non-hydrogen) atoms. The van der Waals surface area contributed by atoms with Crippen molar-refractivity contribution in [3.8, 4) is 0 Å². The molecule has 0 saturated carbocycles. The third-order valence-corrected chi connectivity index (χ3v) is 3.01. The Morgan fingerprint density at radius 1 is 1.11 bits per heavy atom. The molecule has 4 nitrogen and oxygen atoms in total. The molecule has 0 aliphatic heterocycles. The second-order valence-electron chi connectivity index (χ2n) is 4.65. The van der Waals surface area contributed by atoms with Crippen LogP contribution in [0.4, 0.5) is 0 Å². The summed E-state index contributed by atoms with van der Waals surface area (Å²) in [5.74, 6) is -0.730. The zero-order chi connectivity index (χ0) is 14.1. The van der Waals surface area contributed by atoms with Crippen molar-refractivity contribution < 1.29 is 14.7 Å². The fourth-order valence-corrected chi connectivity index (χ4v) is 1.87. The predicted octanol–water partition coefficient (Wildman–Crippen LogP) is 2.33. The smallest absolute Gasteiger partial charge is 0.303 e. The molecule has 0 saturated heterocycles. The van der Waals surface area contributed by atoms with Gasteiger partial charge in [0.1, 0.15) is 0 Å². The summed E-state index contributed by atoms with van der Waals surface area (Å²) in [5.41, 5.74) is 1.24. The summed E-state index contributed by atoms with van der Waals surface area (Å²) >= 11 is 0. The van der Waals surface area contributed by atoms with Crippen molar-refractivity contribution in [2.24, 2.45) is 0 Å². The number of aliphatic carboxylic acids is 1. The Bertz CT molecular complexity index is 403. The Morgan fingerprint density at radius 2 is 1.79 bits per heavy atom. The minimum Gasteiger partial charge on any atom is -0.481 e. The summed E-state index contributed by atoms with van der Waals surface area (Å²) < 4.78 is 0. The van der Waals surface area contributed by atoms with Gasteiger partial charge in [-0.3, -0.25) is 9.59 Å². The minimum absolute atomic E-state index is 0.0846. The number of benzene rings is 1. The van der Waals surface area contributed by atoms with Crippen LogP contribution in [0.5, 0.6) is 0 Å². The number of carbonyl (C=O) groups excluding carboxylic acids is 1. The van der Waals surface area contributed by atoms with Crippen LogP contribution in [-0.2, 0) is 16.0 Å². The van der Waals surface area contributed by atoms with Gasteiger partial charge in [0.25, 0.3) is 0 Å². The lowest BCUT2D eigenvalue weighted by Gasteiger charge is -2.16. The maximum Gasteiger partial charge on any atom is 0.303 e. The van der Waals surface area contributed by atoms with Gasteiger partial charge in [-0.1, -0.05) is 30.3 Å². The molecule has 1 aromatic rings.